The Morgan fingerprint density at radius 3 is 2.58 bits per heavy atom. The minimum atomic E-state index is -0.597. The summed E-state index contributed by atoms with van der Waals surface area (Å²) in [7, 11) is 1.55. The first-order valence-electron chi connectivity index (χ1n) is 8.86. The lowest BCUT2D eigenvalue weighted by atomic mass is 10.2. The average molecular weight is 367 g/mol. The van der Waals surface area contributed by atoms with Crippen LogP contribution in [0.15, 0.2) is 18.2 Å². The van der Waals surface area contributed by atoms with Crippen molar-refractivity contribution in [1.82, 2.24) is 5.32 Å². The van der Waals surface area contributed by atoms with Crippen molar-refractivity contribution in [1.29, 1.82) is 0 Å². The van der Waals surface area contributed by atoms with Crippen molar-refractivity contribution in [2.24, 2.45) is 0 Å². The van der Waals surface area contributed by atoms with E-state index in [1.807, 2.05) is 6.92 Å². The maximum Gasteiger partial charge on any atom is 0.338 e. The van der Waals surface area contributed by atoms with Crippen LogP contribution in [0.2, 0.25) is 0 Å². The molecule has 0 aliphatic heterocycles. The summed E-state index contributed by atoms with van der Waals surface area (Å²) >= 11 is 0. The summed E-state index contributed by atoms with van der Waals surface area (Å²) in [6, 6.07) is 4.68. The molecule has 1 N–H and O–H groups in total. The fourth-order valence-corrected chi connectivity index (χ4v) is 2.17. The lowest BCUT2D eigenvalue weighted by Crippen LogP contribution is -2.38. The second kappa shape index (κ2) is 12.1. The maximum atomic E-state index is 12.2. The predicted octanol–water partition coefficient (Wildman–Crippen LogP) is 2.57. The van der Waals surface area contributed by atoms with Crippen molar-refractivity contribution >= 4 is 11.9 Å². The first-order chi connectivity index (χ1) is 12.5. The van der Waals surface area contributed by atoms with Crippen LogP contribution in [0.3, 0.4) is 0 Å². The van der Waals surface area contributed by atoms with Gasteiger partial charge < -0.3 is 24.3 Å². The molecule has 0 saturated heterocycles. The Bertz CT molecular complexity index is 575. The van der Waals surface area contributed by atoms with Crippen LogP contribution < -0.4 is 14.8 Å². The molecule has 26 heavy (non-hydrogen) atoms. The van der Waals surface area contributed by atoms with Gasteiger partial charge in [0.05, 0.1) is 25.4 Å². The molecule has 1 aromatic rings. The van der Waals surface area contributed by atoms with Crippen LogP contribution in [0.4, 0.5) is 0 Å². The summed E-state index contributed by atoms with van der Waals surface area (Å²) in [5, 5.41) is 2.67. The van der Waals surface area contributed by atoms with Crippen LogP contribution in [-0.4, -0.2) is 51.5 Å². The highest BCUT2D eigenvalue weighted by Gasteiger charge is 2.15. The van der Waals surface area contributed by atoms with Gasteiger partial charge in [-0.3, -0.25) is 4.79 Å². The van der Waals surface area contributed by atoms with Crippen molar-refractivity contribution < 1.29 is 28.5 Å². The highest BCUT2D eigenvalue weighted by Crippen LogP contribution is 2.29. The van der Waals surface area contributed by atoms with Gasteiger partial charge >= 0.3 is 5.97 Å². The zero-order valence-electron chi connectivity index (χ0n) is 16.0. The number of methoxy groups -OCH3 is 1. The van der Waals surface area contributed by atoms with Crippen LogP contribution >= 0.6 is 0 Å². The molecule has 1 amide bonds. The minimum Gasteiger partial charge on any atom is -0.490 e. The number of hydrogen-bond acceptors (Lipinski definition) is 6. The maximum absolute atomic E-state index is 12.2. The zero-order valence-corrected chi connectivity index (χ0v) is 16.0. The Morgan fingerprint density at radius 2 is 1.92 bits per heavy atom. The van der Waals surface area contributed by atoms with Crippen LogP contribution in [0.1, 0.15) is 44.0 Å². The van der Waals surface area contributed by atoms with E-state index in [1.54, 1.807) is 32.2 Å². The molecule has 7 heteroatoms. The molecule has 0 aromatic heterocycles. The van der Waals surface area contributed by atoms with Gasteiger partial charge in [-0.15, -0.1) is 0 Å². The van der Waals surface area contributed by atoms with Crippen LogP contribution in [-0.2, 0) is 14.3 Å². The van der Waals surface area contributed by atoms with Crippen molar-refractivity contribution in [2.45, 2.75) is 39.7 Å². The third kappa shape index (κ3) is 7.74. The first kappa shape index (κ1) is 21.8. The third-order valence-electron chi connectivity index (χ3n) is 3.39. The topological polar surface area (TPSA) is 83.1 Å². The van der Waals surface area contributed by atoms with Gasteiger partial charge in [-0.1, -0.05) is 13.3 Å². The second-order valence-electron chi connectivity index (χ2n) is 5.80. The Balaban J connectivity index is 2.64. The highest BCUT2D eigenvalue weighted by molar-refractivity contribution is 5.92. The molecule has 1 rings (SSSR count). The Hall–Kier alpha value is -2.28. The fourth-order valence-electron chi connectivity index (χ4n) is 2.17. The molecule has 0 aliphatic carbocycles. The molecule has 1 aromatic carbocycles. The summed E-state index contributed by atoms with van der Waals surface area (Å²) < 4.78 is 21.2. The quantitative estimate of drug-likeness (QED) is 0.452. The molecule has 146 valence electrons. The van der Waals surface area contributed by atoms with Gasteiger partial charge in [0.15, 0.2) is 18.1 Å². The van der Waals surface area contributed by atoms with E-state index < -0.39 is 5.97 Å². The predicted molar refractivity (Wildman–Crippen MR) is 97.8 cm³/mol. The summed E-state index contributed by atoms with van der Waals surface area (Å²) in [4.78, 5) is 23.9. The van der Waals surface area contributed by atoms with E-state index in [0.717, 1.165) is 12.8 Å². The monoisotopic (exact) mass is 367 g/mol. The van der Waals surface area contributed by atoms with E-state index in [4.69, 9.17) is 18.9 Å². The van der Waals surface area contributed by atoms with Gasteiger partial charge in [0, 0.05) is 13.2 Å². The van der Waals surface area contributed by atoms with Crippen molar-refractivity contribution in [2.75, 3.05) is 33.5 Å². The zero-order chi connectivity index (χ0) is 19.4. The number of unbranched alkanes of at least 4 members (excludes halogenated alkanes) is 1. The lowest BCUT2D eigenvalue weighted by Gasteiger charge is -2.14. The number of carbonyl (C=O) groups is 2. The molecule has 0 spiro atoms. The van der Waals surface area contributed by atoms with Crippen molar-refractivity contribution in [3.63, 3.8) is 0 Å². The molecule has 0 radical (unpaired) electrons. The van der Waals surface area contributed by atoms with Crippen LogP contribution in [0, 0.1) is 0 Å². The molecular formula is C19H29NO6. The molecule has 0 saturated carbocycles. The van der Waals surface area contributed by atoms with E-state index in [2.05, 4.69) is 12.2 Å². The number of hydrogen-bond donors (Lipinski definition) is 1. The first-order valence-corrected chi connectivity index (χ1v) is 8.86. The average Bonchev–Trinajstić information content (AvgIpc) is 2.61. The van der Waals surface area contributed by atoms with E-state index in [1.165, 1.54) is 0 Å². The molecule has 7 nitrogen and oxygen atoms in total. The van der Waals surface area contributed by atoms with Gasteiger partial charge in [0.1, 0.15) is 0 Å². The van der Waals surface area contributed by atoms with E-state index >= 15 is 0 Å². The summed E-state index contributed by atoms with van der Waals surface area (Å²) in [5.41, 5.74) is 0.300. The standard InChI is InChI=1S/C19H29NO6/c1-5-7-10-25-16-9-8-15(11-17(16)24-6-2)19(22)26-13-18(21)20-14(3)12-23-4/h8-9,11,14H,5-7,10,12-13H2,1-4H3,(H,20,21). The number of benzene rings is 1. The third-order valence-corrected chi connectivity index (χ3v) is 3.39. The van der Waals surface area contributed by atoms with Crippen LogP contribution in [0.25, 0.3) is 0 Å². The van der Waals surface area contributed by atoms with Gasteiger partial charge in [0.2, 0.25) is 0 Å². The largest absolute Gasteiger partial charge is 0.490 e. The number of esters is 1. The normalized spacial score (nSPS) is 11.5. The highest BCUT2D eigenvalue weighted by atomic mass is 16.5. The number of amides is 1. The van der Waals surface area contributed by atoms with E-state index in [-0.39, 0.29) is 18.6 Å². The van der Waals surface area contributed by atoms with E-state index in [0.29, 0.717) is 36.9 Å². The van der Waals surface area contributed by atoms with Crippen molar-refractivity contribution in [3.8, 4) is 11.5 Å². The summed E-state index contributed by atoms with van der Waals surface area (Å²) in [6.07, 6.45) is 1.96. The Morgan fingerprint density at radius 1 is 1.15 bits per heavy atom. The number of rotatable bonds is 12. The fraction of sp³-hybridized carbons (Fsp3) is 0.579. The number of nitrogens with one attached hydrogen (secondary N) is 1. The van der Waals surface area contributed by atoms with Gasteiger partial charge in [-0.05, 0) is 38.5 Å². The number of carbonyl (C=O) groups excluding carboxylic acids is 2. The molecule has 0 heterocycles. The second-order valence-corrected chi connectivity index (χ2v) is 5.80. The van der Waals surface area contributed by atoms with E-state index in [9.17, 15) is 9.59 Å². The molecule has 1 atom stereocenters. The summed E-state index contributed by atoms with van der Waals surface area (Å²) in [6.45, 7) is 6.80. The molecule has 0 aliphatic rings. The Kier molecular flexibility index (Phi) is 10.2. The van der Waals surface area contributed by atoms with Gasteiger partial charge in [-0.25, -0.2) is 4.79 Å². The molecule has 0 bridgehead atoms. The van der Waals surface area contributed by atoms with Crippen LogP contribution in [0.5, 0.6) is 11.5 Å². The SMILES string of the molecule is CCCCOc1ccc(C(=O)OCC(=O)NC(C)COC)cc1OCC. The van der Waals surface area contributed by atoms with Crippen molar-refractivity contribution in [3.05, 3.63) is 23.8 Å². The molecule has 0 fully saturated rings. The molecule has 1 unspecified atom stereocenters. The smallest absolute Gasteiger partial charge is 0.338 e. The number of ether oxygens (including phenoxy) is 4. The van der Waals surface area contributed by atoms with Gasteiger partial charge in [-0.2, -0.15) is 0 Å². The van der Waals surface area contributed by atoms with Gasteiger partial charge in [0.25, 0.3) is 5.91 Å². The minimum absolute atomic E-state index is 0.157. The Labute approximate surface area is 155 Å². The summed E-state index contributed by atoms with van der Waals surface area (Å²) in [5.74, 6) is 0.0901. The lowest BCUT2D eigenvalue weighted by molar-refractivity contribution is -0.125. The molecular weight excluding hydrogens is 338 g/mol.